The van der Waals surface area contributed by atoms with Gasteiger partial charge in [0.2, 0.25) is 11.8 Å². The van der Waals surface area contributed by atoms with E-state index in [4.69, 9.17) is 4.42 Å². The van der Waals surface area contributed by atoms with E-state index in [1.807, 2.05) is 13.8 Å². The van der Waals surface area contributed by atoms with Crippen LogP contribution in [0.15, 0.2) is 27.1 Å². The maximum atomic E-state index is 13.5. The van der Waals surface area contributed by atoms with Gasteiger partial charge in [-0.25, -0.2) is 4.39 Å². The zero-order chi connectivity index (χ0) is 13.8. The first-order chi connectivity index (χ1) is 9.15. The van der Waals surface area contributed by atoms with Gasteiger partial charge in [0, 0.05) is 5.56 Å². The summed E-state index contributed by atoms with van der Waals surface area (Å²) in [6, 6.07) is 4.76. The molecule has 19 heavy (non-hydrogen) atoms. The smallest absolute Gasteiger partial charge is 0.247 e. The molecule has 1 aromatic heterocycles. The summed E-state index contributed by atoms with van der Waals surface area (Å²) in [4.78, 5) is 0. The van der Waals surface area contributed by atoms with Crippen molar-refractivity contribution in [2.24, 2.45) is 0 Å². The first-order valence-corrected chi connectivity index (χ1v) is 6.97. The van der Waals surface area contributed by atoms with Gasteiger partial charge in [-0.15, -0.1) is 10.2 Å². The minimum Gasteiger partial charge on any atom is -0.419 e. The van der Waals surface area contributed by atoms with Crippen LogP contribution in [0.25, 0.3) is 11.5 Å². The van der Waals surface area contributed by atoms with Crippen LogP contribution in [0.4, 0.5) is 4.39 Å². The highest BCUT2D eigenvalue weighted by molar-refractivity contribution is 9.10. The van der Waals surface area contributed by atoms with Gasteiger partial charge in [-0.3, -0.25) is 0 Å². The predicted octanol–water partition coefficient (Wildman–Crippen LogP) is 3.70. The summed E-state index contributed by atoms with van der Waals surface area (Å²) in [6.45, 7) is 4.88. The summed E-state index contributed by atoms with van der Waals surface area (Å²) in [7, 11) is 0. The van der Waals surface area contributed by atoms with Gasteiger partial charge in [0.15, 0.2) is 0 Å². The predicted molar refractivity (Wildman–Crippen MR) is 74.1 cm³/mol. The first kappa shape index (κ1) is 14.1. The summed E-state index contributed by atoms with van der Waals surface area (Å²) in [6.07, 6.45) is 0.851. The summed E-state index contributed by atoms with van der Waals surface area (Å²) in [5, 5.41) is 11.2. The SMILES string of the molecule is CCNC(CC)c1nnc(-c2ccc(Br)c(F)c2)o1. The van der Waals surface area contributed by atoms with E-state index in [1.165, 1.54) is 6.07 Å². The number of nitrogens with zero attached hydrogens (tertiary/aromatic N) is 2. The average molecular weight is 328 g/mol. The van der Waals surface area contributed by atoms with E-state index < -0.39 is 0 Å². The minimum atomic E-state index is -0.351. The van der Waals surface area contributed by atoms with Crippen LogP contribution in [-0.4, -0.2) is 16.7 Å². The summed E-state index contributed by atoms with van der Waals surface area (Å²) < 4.78 is 19.5. The van der Waals surface area contributed by atoms with Crippen molar-refractivity contribution in [2.45, 2.75) is 26.3 Å². The second-order valence-corrected chi connectivity index (χ2v) is 4.95. The van der Waals surface area contributed by atoms with Gasteiger partial charge in [0.1, 0.15) is 5.82 Å². The van der Waals surface area contributed by atoms with Crippen molar-refractivity contribution >= 4 is 15.9 Å². The second-order valence-electron chi connectivity index (χ2n) is 4.09. The van der Waals surface area contributed by atoms with Crippen LogP contribution in [0.1, 0.15) is 32.2 Å². The highest BCUT2D eigenvalue weighted by atomic mass is 79.9. The molecule has 1 N–H and O–H groups in total. The molecule has 1 unspecified atom stereocenters. The van der Waals surface area contributed by atoms with E-state index in [2.05, 4.69) is 31.4 Å². The third-order valence-corrected chi connectivity index (χ3v) is 3.41. The van der Waals surface area contributed by atoms with Crippen LogP contribution in [0.2, 0.25) is 0 Å². The molecule has 0 saturated heterocycles. The largest absolute Gasteiger partial charge is 0.419 e. The molecule has 0 saturated carbocycles. The van der Waals surface area contributed by atoms with Crippen molar-refractivity contribution in [3.8, 4) is 11.5 Å². The maximum absolute atomic E-state index is 13.5. The fourth-order valence-electron chi connectivity index (χ4n) is 1.77. The fraction of sp³-hybridized carbons (Fsp3) is 0.385. The molecule has 1 atom stereocenters. The summed E-state index contributed by atoms with van der Waals surface area (Å²) in [5.74, 6) is 0.511. The monoisotopic (exact) mass is 327 g/mol. The third-order valence-electron chi connectivity index (χ3n) is 2.76. The topological polar surface area (TPSA) is 51.0 Å². The number of aromatic nitrogens is 2. The van der Waals surface area contributed by atoms with Gasteiger partial charge in [0.05, 0.1) is 10.5 Å². The molecule has 4 nitrogen and oxygen atoms in total. The number of rotatable bonds is 5. The molecule has 0 spiro atoms. The maximum Gasteiger partial charge on any atom is 0.247 e. The van der Waals surface area contributed by atoms with Crippen molar-refractivity contribution < 1.29 is 8.81 Å². The molecule has 6 heteroatoms. The lowest BCUT2D eigenvalue weighted by molar-refractivity contribution is 0.402. The van der Waals surface area contributed by atoms with Gasteiger partial charge >= 0.3 is 0 Å². The molecule has 1 aromatic carbocycles. The van der Waals surface area contributed by atoms with E-state index in [0.29, 0.717) is 21.8 Å². The van der Waals surface area contributed by atoms with Crippen LogP contribution in [0.5, 0.6) is 0 Å². The normalized spacial score (nSPS) is 12.6. The molecule has 2 rings (SSSR count). The van der Waals surface area contributed by atoms with Crippen LogP contribution < -0.4 is 5.32 Å². The lowest BCUT2D eigenvalue weighted by atomic mass is 10.2. The first-order valence-electron chi connectivity index (χ1n) is 6.17. The number of hydrogen-bond donors (Lipinski definition) is 1. The molecule has 2 aromatic rings. The fourth-order valence-corrected chi connectivity index (χ4v) is 2.02. The molecule has 0 aliphatic rings. The highest BCUT2D eigenvalue weighted by Crippen LogP contribution is 2.25. The molecular weight excluding hydrogens is 313 g/mol. The van der Waals surface area contributed by atoms with Crippen molar-refractivity contribution in [1.29, 1.82) is 0 Å². The molecule has 0 amide bonds. The van der Waals surface area contributed by atoms with Crippen molar-refractivity contribution in [1.82, 2.24) is 15.5 Å². The summed E-state index contributed by atoms with van der Waals surface area (Å²) in [5.41, 5.74) is 0.575. The Balaban J connectivity index is 2.27. The average Bonchev–Trinajstić information content (AvgIpc) is 2.88. The molecule has 0 bridgehead atoms. The molecular formula is C13H15BrFN3O. The van der Waals surface area contributed by atoms with Crippen molar-refractivity contribution in [3.63, 3.8) is 0 Å². The van der Waals surface area contributed by atoms with Gasteiger partial charge in [-0.2, -0.15) is 0 Å². The van der Waals surface area contributed by atoms with Gasteiger partial charge in [-0.1, -0.05) is 13.8 Å². The quantitative estimate of drug-likeness (QED) is 0.909. The van der Waals surface area contributed by atoms with Crippen LogP contribution in [0, 0.1) is 5.82 Å². The molecule has 1 heterocycles. The Kier molecular flexibility index (Phi) is 4.66. The van der Waals surface area contributed by atoms with Crippen LogP contribution >= 0.6 is 15.9 Å². The van der Waals surface area contributed by atoms with Gasteiger partial charge < -0.3 is 9.73 Å². The Morgan fingerprint density at radius 3 is 2.79 bits per heavy atom. The lowest BCUT2D eigenvalue weighted by Gasteiger charge is -2.10. The zero-order valence-corrected chi connectivity index (χ0v) is 12.4. The lowest BCUT2D eigenvalue weighted by Crippen LogP contribution is -2.20. The highest BCUT2D eigenvalue weighted by Gasteiger charge is 2.17. The van der Waals surface area contributed by atoms with Crippen LogP contribution in [0.3, 0.4) is 0 Å². The van der Waals surface area contributed by atoms with E-state index in [9.17, 15) is 4.39 Å². The second kappa shape index (κ2) is 6.25. The summed E-state index contributed by atoms with van der Waals surface area (Å²) >= 11 is 3.11. The number of halogens is 2. The number of hydrogen-bond acceptors (Lipinski definition) is 4. The molecule has 0 fully saturated rings. The molecule has 0 radical (unpaired) electrons. The van der Waals surface area contributed by atoms with E-state index in [-0.39, 0.29) is 11.9 Å². The Morgan fingerprint density at radius 1 is 1.37 bits per heavy atom. The minimum absolute atomic E-state index is 0.0338. The Bertz CT molecular complexity index is 559. The third kappa shape index (κ3) is 3.19. The molecule has 0 aliphatic carbocycles. The van der Waals surface area contributed by atoms with Crippen molar-refractivity contribution in [3.05, 3.63) is 34.4 Å². The van der Waals surface area contributed by atoms with E-state index in [1.54, 1.807) is 12.1 Å². The van der Waals surface area contributed by atoms with Crippen molar-refractivity contribution in [2.75, 3.05) is 6.54 Å². The van der Waals surface area contributed by atoms with E-state index in [0.717, 1.165) is 13.0 Å². The number of nitrogens with one attached hydrogen (secondary N) is 1. The van der Waals surface area contributed by atoms with Gasteiger partial charge in [0.25, 0.3) is 0 Å². The number of benzene rings is 1. The standard InChI is InChI=1S/C13H15BrFN3O/c1-3-11(16-4-2)13-18-17-12(19-13)8-5-6-9(14)10(15)7-8/h5-7,11,16H,3-4H2,1-2H3. The van der Waals surface area contributed by atoms with E-state index >= 15 is 0 Å². The molecule has 102 valence electrons. The van der Waals surface area contributed by atoms with Crippen LogP contribution in [-0.2, 0) is 0 Å². The Labute approximate surface area is 119 Å². The zero-order valence-electron chi connectivity index (χ0n) is 10.8. The van der Waals surface area contributed by atoms with Gasteiger partial charge in [-0.05, 0) is 47.1 Å². The molecule has 0 aliphatic heterocycles. The Morgan fingerprint density at radius 2 is 2.16 bits per heavy atom. The Hall–Kier alpha value is -1.27.